The van der Waals surface area contributed by atoms with Crippen LogP contribution in [0, 0.1) is 0 Å². The van der Waals surface area contributed by atoms with Crippen LogP contribution in [0.1, 0.15) is 0 Å². The van der Waals surface area contributed by atoms with Crippen molar-refractivity contribution >= 4 is 17.1 Å². The molecule has 0 radical (unpaired) electrons. The summed E-state index contributed by atoms with van der Waals surface area (Å²) < 4.78 is 1.96. The molecule has 284 valence electrons. The van der Waals surface area contributed by atoms with Gasteiger partial charge in [-0.15, -0.1) is 5.10 Å². The van der Waals surface area contributed by atoms with Crippen LogP contribution in [0.15, 0.2) is 243 Å². The third kappa shape index (κ3) is 7.30. The first-order valence-corrected chi connectivity index (χ1v) is 20.3. The number of para-hydroxylation sites is 2. The SMILES string of the molecule is c1ccc(-c2ccc(-c3nc(-c4ccccc4)nn3-c3ccc(-c4ccccc4-c4ccccc4-c4ccc(N(c5ccccc5)c5ccccc5)cc4)cc3)cc2)cc1. The molecule has 0 bridgehead atoms. The number of rotatable bonds is 10. The highest BCUT2D eigenvalue weighted by atomic mass is 15.4. The number of aromatic nitrogens is 3. The summed E-state index contributed by atoms with van der Waals surface area (Å²) >= 11 is 0. The molecule has 0 aliphatic heterocycles. The average molecular weight is 769 g/mol. The maximum atomic E-state index is 5.10. The van der Waals surface area contributed by atoms with Crippen molar-refractivity contribution in [2.24, 2.45) is 0 Å². The Hall–Kier alpha value is -8.08. The van der Waals surface area contributed by atoms with Gasteiger partial charge in [-0.1, -0.05) is 194 Å². The summed E-state index contributed by atoms with van der Waals surface area (Å²) in [6.45, 7) is 0. The van der Waals surface area contributed by atoms with E-state index in [1.54, 1.807) is 0 Å². The molecule has 60 heavy (non-hydrogen) atoms. The van der Waals surface area contributed by atoms with E-state index in [-0.39, 0.29) is 0 Å². The normalized spacial score (nSPS) is 11.0. The Morgan fingerprint density at radius 2 is 0.650 bits per heavy atom. The van der Waals surface area contributed by atoms with Gasteiger partial charge in [-0.2, -0.15) is 0 Å². The Kier molecular flexibility index (Phi) is 9.92. The molecule has 0 N–H and O–H groups in total. The fourth-order valence-electron chi connectivity index (χ4n) is 7.94. The topological polar surface area (TPSA) is 34.0 Å². The van der Waals surface area contributed by atoms with Gasteiger partial charge in [0, 0.05) is 28.2 Å². The lowest BCUT2D eigenvalue weighted by Gasteiger charge is -2.25. The Labute approximate surface area is 351 Å². The number of hydrogen-bond donors (Lipinski definition) is 0. The second kappa shape index (κ2) is 16.4. The van der Waals surface area contributed by atoms with Crippen molar-refractivity contribution in [2.75, 3.05) is 4.90 Å². The van der Waals surface area contributed by atoms with Crippen LogP contribution in [0.2, 0.25) is 0 Å². The molecule has 9 aromatic carbocycles. The predicted molar refractivity (Wildman–Crippen MR) is 249 cm³/mol. The number of nitrogens with zero attached hydrogens (tertiary/aromatic N) is 4. The van der Waals surface area contributed by atoms with Gasteiger partial charge in [0.05, 0.1) is 5.69 Å². The minimum atomic E-state index is 0.685. The van der Waals surface area contributed by atoms with Gasteiger partial charge in [-0.3, -0.25) is 0 Å². The average Bonchev–Trinajstić information content (AvgIpc) is 3.79. The number of anilines is 3. The summed E-state index contributed by atoms with van der Waals surface area (Å²) in [4.78, 5) is 7.39. The molecule has 4 heteroatoms. The van der Waals surface area contributed by atoms with E-state index in [9.17, 15) is 0 Å². The second-order valence-electron chi connectivity index (χ2n) is 14.7. The smallest absolute Gasteiger partial charge is 0.182 e. The Bertz CT molecular complexity index is 2940. The second-order valence-corrected chi connectivity index (χ2v) is 14.7. The van der Waals surface area contributed by atoms with Crippen molar-refractivity contribution in [2.45, 2.75) is 0 Å². The summed E-state index contributed by atoms with van der Waals surface area (Å²) in [7, 11) is 0. The first-order valence-electron chi connectivity index (χ1n) is 20.3. The number of hydrogen-bond acceptors (Lipinski definition) is 3. The van der Waals surface area contributed by atoms with E-state index in [1.165, 1.54) is 22.3 Å². The monoisotopic (exact) mass is 768 g/mol. The molecule has 4 nitrogen and oxygen atoms in total. The highest BCUT2D eigenvalue weighted by molar-refractivity contribution is 5.92. The van der Waals surface area contributed by atoms with Crippen LogP contribution in [0.25, 0.3) is 73.0 Å². The van der Waals surface area contributed by atoms with E-state index in [1.807, 2.05) is 28.9 Å². The van der Waals surface area contributed by atoms with Crippen molar-refractivity contribution in [3.8, 4) is 73.0 Å². The van der Waals surface area contributed by atoms with Crippen molar-refractivity contribution in [3.05, 3.63) is 243 Å². The van der Waals surface area contributed by atoms with E-state index in [2.05, 4.69) is 223 Å². The fourth-order valence-corrected chi connectivity index (χ4v) is 7.94. The molecule has 0 fully saturated rings. The fraction of sp³-hybridized carbons (Fsp3) is 0. The molecule has 0 unspecified atom stereocenters. The highest BCUT2D eigenvalue weighted by Gasteiger charge is 2.18. The van der Waals surface area contributed by atoms with Gasteiger partial charge >= 0.3 is 0 Å². The third-order valence-electron chi connectivity index (χ3n) is 10.9. The zero-order valence-electron chi connectivity index (χ0n) is 32.9. The van der Waals surface area contributed by atoms with E-state index in [4.69, 9.17) is 10.1 Å². The van der Waals surface area contributed by atoms with E-state index in [0.717, 1.165) is 62.0 Å². The molecule has 0 spiro atoms. The molecular formula is C56H40N4. The Morgan fingerprint density at radius 1 is 0.283 bits per heavy atom. The van der Waals surface area contributed by atoms with Crippen molar-refractivity contribution < 1.29 is 0 Å². The van der Waals surface area contributed by atoms with Crippen LogP contribution in [-0.2, 0) is 0 Å². The maximum absolute atomic E-state index is 5.10. The first-order chi connectivity index (χ1) is 29.8. The largest absolute Gasteiger partial charge is 0.311 e. The third-order valence-corrected chi connectivity index (χ3v) is 10.9. The highest BCUT2D eigenvalue weighted by Crippen LogP contribution is 2.40. The van der Waals surface area contributed by atoms with Gasteiger partial charge in [0.15, 0.2) is 11.6 Å². The zero-order chi connectivity index (χ0) is 40.1. The van der Waals surface area contributed by atoms with Crippen molar-refractivity contribution in [1.29, 1.82) is 0 Å². The number of benzene rings is 9. The molecule has 1 aromatic heterocycles. The molecule has 0 atom stereocenters. The lowest BCUT2D eigenvalue weighted by atomic mass is 9.89. The molecule has 1 heterocycles. The molecule has 10 aromatic rings. The van der Waals surface area contributed by atoms with Crippen LogP contribution in [0.4, 0.5) is 17.1 Å². The summed E-state index contributed by atoms with van der Waals surface area (Å²) in [6, 6.07) is 85.2. The molecule has 0 aliphatic carbocycles. The van der Waals surface area contributed by atoms with Crippen molar-refractivity contribution in [3.63, 3.8) is 0 Å². The lowest BCUT2D eigenvalue weighted by molar-refractivity contribution is 0.891. The molecule has 0 saturated carbocycles. The van der Waals surface area contributed by atoms with E-state index in [0.29, 0.717) is 5.82 Å². The zero-order valence-corrected chi connectivity index (χ0v) is 32.9. The molecule has 0 saturated heterocycles. The van der Waals surface area contributed by atoms with Crippen LogP contribution in [-0.4, -0.2) is 14.8 Å². The van der Waals surface area contributed by atoms with E-state index >= 15 is 0 Å². The Balaban J connectivity index is 0.987. The van der Waals surface area contributed by atoms with Gasteiger partial charge in [0.2, 0.25) is 0 Å². The quantitative estimate of drug-likeness (QED) is 0.139. The lowest BCUT2D eigenvalue weighted by Crippen LogP contribution is -2.09. The van der Waals surface area contributed by atoms with Crippen LogP contribution in [0.5, 0.6) is 0 Å². The molecular weight excluding hydrogens is 729 g/mol. The van der Waals surface area contributed by atoms with Gasteiger partial charge in [-0.05, 0) is 93.0 Å². The first kappa shape index (κ1) is 36.3. The minimum Gasteiger partial charge on any atom is -0.311 e. The van der Waals surface area contributed by atoms with Gasteiger partial charge in [-0.25, -0.2) is 9.67 Å². The summed E-state index contributed by atoms with van der Waals surface area (Å²) in [6.07, 6.45) is 0. The predicted octanol–water partition coefficient (Wildman–Crippen LogP) is 14.7. The molecule has 10 rings (SSSR count). The van der Waals surface area contributed by atoms with Gasteiger partial charge < -0.3 is 4.90 Å². The van der Waals surface area contributed by atoms with Crippen LogP contribution < -0.4 is 4.90 Å². The van der Waals surface area contributed by atoms with E-state index < -0.39 is 0 Å². The summed E-state index contributed by atoms with van der Waals surface area (Å²) in [5, 5.41) is 5.07. The van der Waals surface area contributed by atoms with Gasteiger partial charge in [0.1, 0.15) is 0 Å². The minimum absolute atomic E-state index is 0.685. The molecule has 0 aliphatic rings. The summed E-state index contributed by atoms with van der Waals surface area (Å²) in [5.41, 5.74) is 15.6. The maximum Gasteiger partial charge on any atom is 0.182 e. The van der Waals surface area contributed by atoms with Crippen LogP contribution in [0.3, 0.4) is 0 Å². The van der Waals surface area contributed by atoms with Gasteiger partial charge in [0.25, 0.3) is 0 Å². The van der Waals surface area contributed by atoms with Crippen molar-refractivity contribution in [1.82, 2.24) is 14.8 Å². The summed E-state index contributed by atoms with van der Waals surface area (Å²) in [5.74, 6) is 1.47. The Morgan fingerprint density at radius 3 is 1.17 bits per heavy atom. The molecule has 0 amide bonds. The van der Waals surface area contributed by atoms with Crippen LogP contribution >= 0.6 is 0 Å². The standard InChI is InChI=1S/C56H40N4/c1-5-17-41(18-6-1)42-29-31-46(32-30-42)56-57-55(45-19-7-2-8-20-45)58-60(56)50-39-35-44(36-40-50)52-26-14-16-28-54(52)53-27-15-13-25-51(53)43-33-37-49(38-34-43)59(47-21-9-3-10-22-47)48-23-11-4-12-24-48/h1-40H.